The number of hydrogen-bond donors (Lipinski definition) is 2. The Morgan fingerprint density at radius 2 is 1.78 bits per heavy atom. The van der Waals surface area contributed by atoms with E-state index in [1.54, 1.807) is 30.3 Å². The molecule has 5 nitrogen and oxygen atoms in total. The molecule has 0 saturated heterocycles. The van der Waals surface area contributed by atoms with Gasteiger partial charge in [-0.1, -0.05) is 35.9 Å². The summed E-state index contributed by atoms with van der Waals surface area (Å²) in [7, 11) is -3.90. The van der Waals surface area contributed by atoms with E-state index in [0.717, 1.165) is 11.1 Å². The minimum atomic E-state index is -3.90. The molecular formula is C16H15ClN2O3S. The van der Waals surface area contributed by atoms with E-state index < -0.39 is 15.6 Å². The summed E-state index contributed by atoms with van der Waals surface area (Å²) in [5.74, 6) is 0. The summed E-state index contributed by atoms with van der Waals surface area (Å²) in [4.78, 5) is 5.08. The fourth-order valence-electron chi connectivity index (χ4n) is 2.51. The van der Waals surface area contributed by atoms with Gasteiger partial charge >= 0.3 is 0 Å². The van der Waals surface area contributed by atoms with Crippen molar-refractivity contribution in [2.45, 2.75) is 17.4 Å². The highest BCUT2D eigenvalue weighted by Gasteiger charge is 2.33. The lowest BCUT2D eigenvalue weighted by atomic mass is 9.91. The number of nitrogens with two attached hydrogens (primary N) is 1. The fraction of sp³-hybridized carbons (Fsp3) is 0.125. The molecule has 3 rings (SSSR count). The van der Waals surface area contributed by atoms with E-state index in [0.29, 0.717) is 10.6 Å². The smallest absolute Gasteiger partial charge is 0.238 e. The first-order chi connectivity index (χ1) is 10.8. The van der Waals surface area contributed by atoms with Gasteiger partial charge in [-0.3, -0.25) is 0 Å². The third-order valence-corrected chi connectivity index (χ3v) is 4.97. The van der Waals surface area contributed by atoms with Crippen LogP contribution in [-0.4, -0.2) is 8.42 Å². The van der Waals surface area contributed by atoms with Crippen LogP contribution in [0.3, 0.4) is 0 Å². The van der Waals surface area contributed by atoms with E-state index in [9.17, 15) is 8.42 Å². The third kappa shape index (κ3) is 3.11. The van der Waals surface area contributed by atoms with E-state index in [4.69, 9.17) is 21.6 Å². The van der Waals surface area contributed by atoms with Crippen LogP contribution in [0.4, 0.5) is 0 Å². The summed E-state index contributed by atoms with van der Waals surface area (Å²) in [6, 6.07) is 12.3. The average molecular weight is 351 g/mol. The van der Waals surface area contributed by atoms with Crippen molar-refractivity contribution in [3.63, 3.8) is 0 Å². The molecule has 1 aliphatic heterocycles. The SMILES string of the molecule is CC1(c2ccc(-c3ccc(Cl)cc3)cc2S(N)(=O)=O)C=CON1. The zero-order chi connectivity index (χ0) is 16.7. The number of rotatable bonds is 3. The second-order valence-corrected chi connectivity index (χ2v) is 7.45. The molecule has 3 N–H and O–H groups in total. The van der Waals surface area contributed by atoms with Crippen LogP contribution in [0.5, 0.6) is 0 Å². The number of hydrogen-bond acceptors (Lipinski definition) is 4. The minimum Gasteiger partial charge on any atom is -0.416 e. The van der Waals surface area contributed by atoms with E-state index >= 15 is 0 Å². The second-order valence-electron chi connectivity index (χ2n) is 5.49. The van der Waals surface area contributed by atoms with E-state index in [1.807, 2.05) is 25.1 Å². The van der Waals surface area contributed by atoms with Crippen LogP contribution in [-0.2, 0) is 20.4 Å². The van der Waals surface area contributed by atoms with Gasteiger partial charge < -0.3 is 4.84 Å². The molecule has 1 heterocycles. The van der Waals surface area contributed by atoms with Crippen molar-refractivity contribution in [2.75, 3.05) is 0 Å². The van der Waals surface area contributed by atoms with Gasteiger partial charge in [0.25, 0.3) is 0 Å². The topological polar surface area (TPSA) is 81.4 Å². The van der Waals surface area contributed by atoms with Crippen LogP contribution in [0.25, 0.3) is 11.1 Å². The summed E-state index contributed by atoms with van der Waals surface area (Å²) < 4.78 is 24.1. The molecule has 0 radical (unpaired) electrons. The maximum atomic E-state index is 12.1. The van der Waals surface area contributed by atoms with Gasteiger partial charge in [-0.05, 0) is 47.9 Å². The van der Waals surface area contributed by atoms with Crippen molar-refractivity contribution in [1.29, 1.82) is 0 Å². The Bertz CT molecular complexity index is 879. The lowest BCUT2D eigenvalue weighted by molar-refractivity contribution is 0.104. The molecule has 0 amide bonds. The lowest BCUT2D eigenvalue weighted by Crippen LogP contribution is -2.34. The molecule has 1 unspecified atom stereocenters. The van der Waals surface area contributed by atoms with Crippen molar-refractivity contribution in [3.8, 4) is 11.1 Å². The summed E-state index contributed by atoms with van der Waals surface area (Å²) in [6.07, 6.45) is 3.21. The number of halogens is 1. The molecule has 1 aliphatic rings. The molecule has 7 heteroatoms. The fourth-order valence-corrected chi connectivity index (χ4v) is 3.52. The van der Waals surface area contributed by atoms with E-state index in [2.05, 4.69) is 5.48 Å². The molecule has 120 valence electrons. The summed E-state index contributed by atoms with van der Waals surface area (Å²) in [5, 5.41) is 6.03. The van der Waals surface area contributed by atoms with Crippen molar-refractivity contribution in [3.05, 3.63) is 65.4 Å². The molecular weight excluding hydrogens is 336 g/mol. The van der Waals surface area contributed by atoms with Crippen LogP contribution in [0.2, 0.25) is 5.02 Å². The third-order valence-electron chi connectivity index (χ3n) is 3.77. The first-order valence-electron chi connectivity index (χ1n) is 6.83. The Morgan fingerprint density at radius 1 is 1.13 bits per heavy atom. The van der Waals surface area contributed by atoms with Crippen LogP contribution < -0.4 is 10.6 Å². The van der Waals surface area contributed by atoms with Crippen molar-refractivity contribution in [1.82, 2.24) is 5.48 Å². The first kappa shape index (κ1) is 16.0. The molecule has 2 aromatic rings. The minimum absolute atomic E-state index is 0.0510. The second kappa shape index (κ2) is 5.65. The Balaban J connectivity index is 2.17. The van der Waals surface area contributed by atoms with Gasteiger partial charge in [0.05, 0.1) is 10.4 Å². The van der Waals surface area contributed by atoms with Gasteiger partial charge in [0, 0.05) is 5.02 Å². The largest absolute Gasteiger partial charge is 0.416 e. The monoisotopic (exact) mass is 350 g/mol. The Morgan fingerprint density at radius 3 is 2.35 bits per heavy atom. The summed E-state index contributed by atoms with van der Waals surface area (Å²) in [6.45, 7) is 1.81. The summed E-state index contributed by atoms with van der Waals surface area (Å²) in [5.41, 5.74) is 4.12. The van der Waals surface area contributed by atoms with Crippen LogP contribution in [0.15, 0.2) is 59.7 Å². The quantitative estimate of drug-likeness (QED) is 0.891. The Hall–Kier alpha value is -1.86. The van der Waals surface area contributed by atoms with Gasteiger partial charge in [-0.2, -0.15) is 0 Å². The van der Waals surface area contributed by atoms with Crippen LogP contribution >= 0.6 is 11.6 Å². The van der Waals surface area contributed by atoms with E-state index in [-0.39, 0.29) is 4.90 Å². The molecule has 0 aromatic heterocycles. The van der Waals surface area contributed by atoms with Gasteiger partial charge in [0.1, 0.15) is 6.26 Å². The molecule has 2 aromatic carbocycles. The molecule has 1 atom stereocenters. The Labute approximate surface area is 139 Å². The zero-order valence-corrected chi connectivity index (χ0v) is 13.9. The van der Waals surface area contributed by atoms with Gasteiger partial charge in [-0.15, -0.1) is 5.48 Å². The van der Waals surface area contributed by atoms with Gasteiger partial charge in [-0.25, -0.2) is 13.6 Å². The number of sulfonamides is 1. The first-order valence-corrected chi connectivity index (χ1v) is 8.76. The molecule has 0 spiro atoms. The zero-order valence-electron chi connectivity index (χ0n) is 12.3. The average Bonchev–Trinajstić information content (AvgIpc) is 2.94. The van der Waals surface area contributed by atoms with Crippen molar-refractivity contribution in [2.24, 2.45) is 5.14 Å². The maximum absolute atomic E-state index is 12.1. The number of benzene rings is 2. The maximum Gasteiger partial charge on any atom is 0.238 e. The molecule has 0 aliphatic carbocycles. The molecule has 23 heavy (non-hydrogen) atoms. The molecule has 0 saturated carbocycles. The predicted octanol–water partition coefficient (Wildman–Crippen LogP) is 2.92. The molecule has 0 bridgehead atoms. The van der Waals surface area contributed by atoms with Crippen molar-refractivity contribution >= 4 is 21.6 Å². The van der Waals surface area contributed by atoms with Gasteiger partial charge in [0.2, 0.25) is 10.0 Å². The highest BCUT2D eigenvalue weighted by Crippen LogP contribution is 2.34. The highest BCUT2D eigenvalue weighted by atomic mass is 35.5. The van der Waals surface area contributed by atoms with Crippen LogP contribution in [0.1, 0.15) is 12.5 Å². The highest BCUT2D eigenvalue weighted by molar-refractivity contribution is 7.89. The summed E-state index contributed by atoms with van der Waals surface area (Å²) >= 11 is 5.89. The number of primary sulfonamides is 1. The van der Waals surface area contributed by atoms with Crippen LogP contribution in [0, 0.1) is 0 Å². The number of hydroxylamine groups is 1. The normalized spacial score (nSPS) is 20.5. The van der Waals surface area contributed by atoms with E-state index in [1.165, 1.54) is 6.26 Å². The predicted molar refractivity (Wildman–Crippen MR) is 89.0 cm³/mol. The van der Waals surface area contributed by atoms with Crippen molar-refractivity contribution < 1.29 is 13.3 Å². The standard InChI is InChI=1S/C16H15ClN2O3S/c1-16(8-9-22-19-16)14-7-4-12(10-15(14)23(18,20)21)11-2-5-13(17)6-3-11/h2-10,19H,1H3,(H2,18,20,21). The van der Waals surface area contributed by atoms with Gasteiger partial charge in [0.15, 0.2) is 0 Å². The number of nitrogens with one attached hydrogen (secondary N) is 1. The lowest BCUT2D eigenvalue weighted by Gasteiger charge is -2.24. The molecule has 0 fully saturated rings. The Kier molecular flexibility index (Phi) is 3.93.